The zero-order chi connectivity index (χ0) is 13.4. The van der Waals surface area contributed by atoms with Crippen LogP contribution in [0.5, 0.6) is 0 Å². The number of aromatic nitrogens is 2. The van der Waals surface area contributed by atoms with Gasteiger partial charge in [-0.05, 0) is 13.3 Å². The maximum absolute atomic E-state index is 5.98. The van der Waals surface area contributed by atoms with Crippen LogP contribution in [0.1, 0.15) is 43.9 Å². The molecule has 6 heteroatoms. The van der Waals surface area contributed by atoms with Crippen molar-refractivity contribution in [2.75, 3.05) is 32.7 Å². The van der Waals surface area contributed by atoms with Gasteiger partial charge in [-0.2, -0.15) is 4.98 Å². The van der Waals surface area contributed by atoms with Gasteiger partial charge in [0.05, 0.1) is 12.0 Å². The topological polar surface area (TPSA) is 71.4 Å². The van der Waals surface area contributed by atoms with Crippen LogP contribution >= 0.6 is 0 Å². The summed E-state index contributed by atoms with van der Waals surface area (Å²) in [4.78, 5) is 9.55. The predicted octanol–water partition coefficient (Wildman–Crippen LogP) is 0.583. The Morgan fingerprint density at radius 1 is 1.37 bits per heavy atom. The molecule has 3 unspecified atom stereocenters. The fourth-order valence-electron chi connectivity index (χ4n) is 3.17. The van der Waals surface area contributed by atoms with Gasteiger partial charge in [0.15, 0.2) is 5.82 Å². The monoisotopic (exact) mass is 265 g/mol. The summed E-state index contributed by atoms with van der Waals surface area (Å²) < 4.78 is 5.45. The van der Waals surface area contributed by atoms with E-state index in [0.717, 1.165) is 31.9 Å². The van der Waals surface area contributed by atoms with Crippen molar-refractivity contribution in [3.05, 3.63) is 11.7 Å². The van der Waals surface area contributed by atoms with Crippen molar-refractivity contribution in [3.63, 3.8) is 0 Å². The van der Waals surface area contributed by atoms with Crippen molar-refractivity contribution < 1.29 is 4.52 Å². The zero-order valence-electron chi connectivity index (χ0n) is 11.7. The van der Waals surface area contributed by atoms with E-state index in [1.165, 1.54) is 13.1 Å². The first-order chi connectivity index (χ1) is 9.19. The molecule has 0 radical (unpaired) electrons. The molecular weight excluding hydrogens is 242 g/mol. The quantitative estimate of drug-likeness (QED) is 0.859. The second-order valence-electron chi connectivity index (χ2n) is 5.72. The van der Waals surface area contributed by atoms with E-state index in [-0.39, 0.29) is 12.0 Å². The fourth-order valence-corrected chi connectivity index (χ4v) is 3.17. The maximum Gasteiger partial charge on any atom is 0.231 e. The van der Waals surface area contributed by atoms with Gasteiger partial charge in [-0.25, -0.2) is 0 Å². The molecule has 106 valence electrons. The number of hydrogen-bond acceptors (Lipinski definition) is 6. The summed E-state index contributed by atoms with van der Waals surface area (Å²) in [6.45, 7) is 9.68. The molecule has 6 nitrogen and oxygen atoms in total. The normalized spacial score (nSPS) is 33.3. The first-order valence-corrected chi connectivity index (χ1v) is 7.24. The van der Waals surface area contributed by atoms with Crippen molar-refractivity contribution >= 4 is 0 Å². The molecule has 1 aromatic heterocycles. The second kappa shape index (κ2) is 5.19. The molecule has 1 aromatic rings. The molecule has 3 aliphatic heterocycles. The van der Waals surface area contributed by atoms with Gasteiger partial charge in [-0.15, -0.1) is 0 Å². The van der Waals surface area contributed by atoms with E-state index in [9.17, 15) is 0 Å². The highest BCUT2D eigenvalue weighted by molar-refractivity contribution is 5.04. The number of nitrogens with two attached hydrogens (primary N) is 1. The molecule has 3 atom stereocenters. The van der Waals surface area contributed by atoms with Crippen molar-refractivity contribution in [2.24, 2.45) is 5.73 Å². The molecule has 0 amide bonds. The molecular formula is C13H23N5O. The van der Waals surface area contributed by atoms with Gasteiger partial charge in [-0.1, -0.05) is 12.1 Å². The van der Waals surface area contributed by atoms with Crippen LogP contribution in [0.15, 0.2) is 4.52 Å². The first kappa shape index (κ1) is 13.0. The van der Waals surface area contributed by atoms with Crippen LogP contribution in [-0.4, -0.2) is 58.7 Å². The van der Waals surface area contributed by atoms with Crippen LogP contribution in [0.4, 0.5) is 0 Å². The molecule has 3 saturated heterocycles. The van der Waals surface area contributed by atoms with Crippen LogP contribution in [0.25, 0.3) is 0 Å². The lowest BCUT2D eigenvalue weighted by atomic mass is 9.99. The third-order valence-corrected chi connectivity index (χ3v) is 4.43. The van der Waals surface area contributed by atoms with E-state index < -0.39 is 0 Å². The number of rotatable bonds is 4. The fraction of sp³-hybridized carbons (Fsp3) is 0.846. The molecule has 4 heterocycles. The third kappa shape index (κ3) is 2.40. The van der Waals surface area contributed by atoms with E-state index in [2.05, 4.69) is 26.9 Å². The Morgan fingerprint density at radius 2 is 2.11 bits per heavy atom. The van der Waals surface area contributed by atoms with Crippen LogP contribution < -0.4 is 5.73 Å². The summed E-state index contributed by atoms with van der Waals surface area (Å²) in [6, 6.07) is 0.343. The highest BCUT2D eigenvalue weighted by Gasteiger charge is 2.36. The van der Waals surface area contributed by atoms with E-state index in [0.29, 0.717) is 11.9 Å². The zero-order valence-corrected chi connectivity index (χ0v) is 11.7. The highest BCUT2D eigenvalue weighted by atomic mass is 16.5. The van der Waals surface area contributed by atoms with Crippen molar-refractivity contribution in [2.45, 2.75) is 38.3 Å². The van der Waals surface area contributed by atoms with Crippen LogP contribution in [0.3, 0.4) is 0 Å². The summed E-state index contributed by atoms with van der Waals surface area (Å²) in [5.74, 6) is 1.70. The molecule has 4 rings (SSSR count). The lowest BCUT2D eigenvalue weighted by Gasteiger charge is -2.46. The Balaban J connectivity index is 1.77. The Kier molecular flexibility index (Phi) is 3.56. The standard InChI is InChI=1S/C13H23N5O/c1-3-10(9(2)14)13-15-12(16-19-13)11-8-17-4-6-18(11)7-5-17/h9-11H,3-8,14H2,1-2H3. The molecule has 2 bridgehead atoms. The number of nitrogens with zero attached hydrogens (tertiary/aromatic N) is 4. The Bertz CT molecular complexity index is 424. The third-order valence-electron chi connectivity index (χ3n) is 4.43. The van der Waals surface area contributed by atoms with E-state index >= 15 is 0 Å². The number of piperazine rings is 3. The van der Waals surface area contributed by atoms with Crippen molar-refractivity contribution in [3.8, 4) is 0 Å². The van der Waals surface area contributed by atoms with Gasteiger partial charge in [-0.3, -0.25) is 9.80 Å². The number of fused-ring (bicyclic) bond motifs is 3. The largest absolute Gasteiger partial charge is 0.339 e. The molecule has 0 aromatic carbocycles. The van der Waals surface area contributed by atoms with Gasteiger partial charge in [0.25, 0.3) is 0 Å². The van der Waals surface area contributed by atoms with Crippen LogP contribution in [-0.2, 0) is 0 Å². The highest BCUT2D eigenvalue weighted by Crippen LogP contribution is 2.28. The average Bonchev–Trinajstić information content (AvgIpc) is 2.90. The summed E-state index contributed by atoms with van der Waals surface area (Å²) in [5, 5.41) is 4.20. The minimum Gasteiger partial charge on any atom is -0.339 e. The van der Waals surface area contributed by atoms with Gasteiger partial charge >= 0.3 is 0 Å². The maximum atomic E-state index is 5.98. The molecule has 0 spiro atoms. The second-order valence-corrected chi connectivity index (χ2v) is 5.72. The lowest BCUT2D eigenvalue weighted by molar-refractivity contribution is 0.00781. The summed E-state index contributed by atoms with van der Waals surface area (Å²) in [7, 11) is 0. The van der Waals surface area contributed by atoms with E-state index in [1.807, 2.05) is 6.92 Å². The van der Waals surface area contributed by atoms with Gasteiger partial charge in [0, 0.05) is 38.8 Å². The SMILES string of the molecule is CCC(c1nc(C2CN3CCN2CC3)no1)C(C)N. The van der Waals surface area contributed by atoms with Crippen LogP contribution in [0, 0.1) is 0 Å². The first-order valence-electron chi connectivity index (χ1n) is 7.24. The molecule has 0 saturated carbocycles. The van der Waals surface area contributed by atoms with Crippen LogP contribution in [0.2, 0.25) is 0 Å². The Morgan fingerprint density at radius 3 is 2.63 bits per heavy atom. The lowest BCUT2D eigenvalue weighted by Crippen LogP contribution is -2.57. The summed E-state index contributed by atoms with van der Waals surface area (Å²) in [5.41, 5.74) is 5.98. The predicted molar refractivity (Wildman–Crippen MR) is 71.7 cm³/mol. The smallest absolute Gasteiger partial charge is 0.231 e. The average molecular weight is 265 g/mol. The van der Waals surface area contributed by atoms with E-state index in [4.69, 9.17) is 10.3 Å². The molecule has 3 aliphatic rings. The van der Waals surface area contributed by atoms with E-state index in [1.54, 1.807) is 0 Å². The minimum atomic E-state index is 0.0464. The summed E-state index contributed by atoms with van der Waals surface area (Å²) >= 11 is 0. The molecule has 0 aliphatic carbocycles. The summed E-state index contributed by atoms with van der Waals surface area (Å²) in [6.07, 6.45) is 0.930. The Labute approximate surface area is 113 Å². The Hall–Kier alpha value is -0.980. The van der Waals surface area contributed by atoms with Gasteiger partial charge in [0.2, 0.25) is 5.89 Å². The molecule has 3 fully saturated rings. The van der Waals surface area contributed by atoms with Crippen molar-refractivity contribution in [1.29, 1.82) is 0 Å². The van der Waals surface area contributed by atoms with Crippen molar-refractivity contribution in [1.82, 2.24) is 19.9 Å². The van der Waals surface area contributed by atoms with Gasteiger partial charge < -0.3 is 10.3 Å². The minimum absolute atomic E-state index is 0.0464. The molecule has 2 N–H and O–H groups in total. The molecule has 19 heavy (non-hydrogen) atoms. The number of hydrogen-bond donors (Lipinski definition) is 1. The van der Waals surface area contributed by atoms with Gasteiger partial charge in [0.1, 0.15) is 0 Å².